The molecule has 5 nitrogen and oxygen atoms in total. The minimum atomic E-state index is -0.526. The van der Waals surface area contributed by atoms with Crippen molar-refractivity contribution in [1.82, 2.24) is 10.2 Å². The molecule has 7 heteroatoms. The number of nitrogens with one attached hydrogen (secondary N) is 1. The van der Waals surface area contributed by atoms with Crippen molar-refractivity contribution < 1.29 is 14.7 Å². The van der Waals surface area contributed by atoms with Crippen molar-refractivity contribution >= 4 is 35.0 Å². The molecule has 0 fully saturated rings. The first-order valence-corrected chi connectivity index (χ1v) is 10.1. The first-order chi connectivity index (χ1) is 13.9. The lowest BCUT2D eigenvalue weighted by Gasteiger charge is -2.24. The topological polar surface area (TPSA) is 69.6 Å². The van der Waals surface area contributed by atoms with Crippen LogP contribution in [0.2, 0.25) is 10.0 Å². The summed E-state index contributed by atoms with van der Waals surface area (Å²) in [5.41, 5.74) is 2.07. The maximum Gasteiger partial charge on any atom is 0.290 e. The van der Waals surface area contributed by atoms with Gasteiger partial charge in [0.1, 0.15) is 0 Å². The molecule has 3 rings (SSSR count). The Bertz CT molecular complexity index is 944. The molecule has 1 aliphatic heterocycles. The molecule has 2 amide bonds. The van der Waals surface area contributed by atoms with Crippen molar-refractivity contribution in [2.24, 2.45) is 0 Å². The molecule has 0 saturated heterocycles. The first-order valence-electron chi connectivity index (χ1n) is 9.38. The highest BCUT2D eigenvalue weighted by atomic mass is 35.5. The number of nitrogens with zero attached hydrogens (tertiary/aromatic N) is 1. The molecule has 1 unspecified atom stereocenters. The van der Waals surface area contributed by atoms with E-state index in [0.29, 0.717) is 23.0 Å². The quantitative estimate of drug-likeness (QED) is 0.634. The van der Waals surface area contributed by atoms with Gasteiger partial charge in [0.2, 0.25) is 0 Å². The van der Waals surface area contributed by atoms with E-state index in [-0.39, 0.29) is 18.2 Å². The number of amides is 2. The Hall–Kier alpha value is -2.50. The first kappa shape index (κ1) is 21.2. The van der Waals surface area contributed by atoms with Crippen molar-refractivity contribution in [1.29, 1.82) is 0 Å². The average molecular weight is 433 g/mol. The van der Waals surface area contributed by atoms with Gasteiger partial charge in [0.25, 0.3) is 11.8 Å². The van der Waals surface area contributed by atoms with Gasteiger partial charge in [0.15, 0.2) is 5.76 Å². The van der Waals surface area contributed by atoms with Gasteiger partial charge in [-0.3, -0.25) is 9.59 Å². The molecular weight excluding hydrogens is 411 g/mol. The molecule has 0 saturated carbocycles. The second kappa shape index (κ2) is 9.33. The van der Waals surface area contributed by atoms with Gasteiger partial charge in [0, 0.05) is 6.54 Å². The van der Waals surface area contributed by atoms with E-state index in [1.54, 1.807) is 12.1 Å². The Labute approximate surface area is 179 Å². The second-order valence-corrected chi connectivity index (χ2v) is 7.77. The molecule has 1 aliphatic rings. The van der Waals surface area contributed by atoms with E-state index >= 15 is 0 Å². The summed E-state index contributed by atoms with van der Waals surface area (Å²) in [5, 5.41) is 14.0. The zero-order valence-electron chi connectivity index (χ0n) is 16.0. The molecule has 0 radical (unpaired) electrons. The van der Waals surface area contributed by atoms with Crippen molar-refractivity contribution in [3.8, 4) is 0 Å². The number of aryl methyl sites for hydroxylation is 1. The Morgan fingerprint density at radius 2 is 1.90 bits per heavy atom. The zero-order valence-corrected chi connectivity index (χ0v) is 17.5. The van der Waals surface area contributed by atoms with Gasteiger partial charge in [-0.1, -0.05) is 59.6 Å². The normalized spacial score (nSPS) is 15.0. The van der Waals surface area contributed by atoms with E-state index in [2.05, 4.69) is 5.32 Å². The molecule has 0 aliphatic carbocycles. The minimum absolute atomic E-state index is 0.0827. The molecule has 29 heavy (non-hydrogen) atoms. The summed E-state index contributed by atoms with van der Waals surface area (Å²) >= 11 is 11.9. The van der Waals surface area contributed by atoms with Crippen LogP contribution in [0.1, 0.15) is 30.5 Å². The molecule has 0 spiro atoms. The van der Waals surface area contributed by atoms with Gasteiger partial charge in [-0.15, -0.1) is 0 Å². The summed E-state index contributed by atoms with van der Waals surface area (Å²) in [5.74, 6) is -1.43. The maximum absolute atomic E-state index is 12.5. The Morgan fingerprint density at radius 1 is 1.17 bits per heavy atom. The van der Waals surface area contributed by atoms with Crippen LogP contribution < -0.4 is 5.32 Å². The zero-order chi connectivity index (χ0) is 21.0. The monoisotopic (exact) mass is 432 g/mol. The number of rotatable bonds is 7. The van der Waals surface area contributed by atoms with Crippen LogP contribution in [-0.4, -0.2) is 34.9 Å². The van der Waals surface area contributed by atoms with Gasteiger partial charge >= 0.3 is 0 Å². The number of carbonyl (C=O) groups is 2. The van der Waals surface area contributed by atoms with Crippen LogP contribution in [0.4, 0.5) is 0 Å². The highest BCUT2D eigenvalue weighted by Crippen LogP contribution is 2.28. The Balaban J connectivity index is 1.53. The number of aliphatic hydroxyl groups is 1. The lowest BCUT2D eigenvalue weighted by molar-refractivity contribution is -0.129. The van der Waals surface area contributed by atoms with Crippen LogP contribution in [-0.2, 0) is 16.0 Å². The molecule has 0 aromatic heterocycles. The molecule has 2 aromatic carbocycles. The van der Waals surface area contributed by atoms with E-state index in [4.69, 9.17) is 23.2 Å². The summed E-state index contributed by atoms with van der Waals surface area (Å²) < 4.78 is 0. The standard InChI is InChI=1S/C22H22Cl2N2O3/c1-14(16-7-3-2-4-8-16)26-13-17(20(27)22(26)29)21(28)25-11-5-6-15-9-10-18(23)19(24)12-15/h2-4,7-10,12,14,27H,5-6,11,13H2,1H3,(H,25,28). The van der Waals surface area contributed by atoms with E-state index in [1.807, 2.05) is 43.3 Å². The van der Waals surface area contributed by atoms with Crippen molar-refractivity contribution in [2.45, 2.75) is 25.8 Å². The van der Waals surface area contributed by atoms with Crippen LogP contribution in [0, 0.1) is 0 Å². The van der Waals surface area contributed by atoms with Gasteiger partial charge in [-0.05, 0) is 43.0 Å². The number of benzene rings is 2. The minimum Gasteiger partial charge on any atom is -0.503 e. The fourth-order valence-corrected chi connectivity index (χ4v) is 3.60. The number of hydrogen-bond donors (Lipinski definition) is 2. The number of halogens is 2. The summed E-state index contributed by atoms with van der Waals surface area (Å²) in [6.07, 6.45) is 1.41. The van der Waals surface area contributed by atoms with Crippen LogP contribution in [0.3, 0.4) is 0 Å². The summed E-state index contributed by atoms with van der Waals surface area (Å²) in [4.78, 5) is 26.4. The van der Waals surface area contributed by atoms with E-state index in [1.165, 1.54) is 4.90 Å². The average Bonchev–Trinajstić information content (AvgIpc) is 3.03. The van der Waals surface area contributed by atoms with Crippen molar-refractivity contribution in [3.63, 3.8) is 0 Å². The fourth-order valence-electron chi connectivity index (χ4n) is 3.28. The highest BCUT2D eigenvalue weighted by molar-refractivity contribution is 6.42. The maximum atomic E-state index is 12.5. The summed E-state index contributed by atoms with van der Waals surface area (Å²) in [7, 11) is 0. The number of carbonyl (C=O) groups excluding carboxylic acids is 2. The SMILES string of the molecule is CC(c1ccccc1)N1CC(C(=O)NCCCc2ccc(Cl)c(Cl)c2)=C(O)C1=O. The van der Waals surface area contributed by atoms with Gasteiger partial charge < -0.3 is 15.3 Å². The third-order valence-electron chi connectivity index (χ3n) is 5.01. The highest BCUT2D eigenvalue weighted by Gasteiger charge is 2.36. The van der Waals surface area contributed by atoms with Crippen LogP contribution in [0.15, 0.2) is 59.9 Å². The molecule has 2 N–H and O–H groups in total. The molecule has 152 valence electrons. The van der Waals surface area contributed by atoms with Crippen LogP contribution in [0.25, 0.3) is 0 Å². The largest absolute Gasteiger partial charge is 0.503 e. The lowest BCUT2D eigenvalue weighted by Crippen LogP contribution is -2.32. The second-order valence-electron chi connectivity index (χ2n) is 6.95. The van der Waals surface area contributed by atoms with Gasteiger partial charge in [-0.25, -0.2) is 0 Å². The smallest absolute Gasteiger partial charge is 0.290 e. The predicted molar refractivity (Wildman–Crippen MR) is 114 cm³/mol. The van der Waals surface area contributed by atoms with Crippen LogP contribution >= 0.6 is 23.2 Å². The molecule has 1 heterocycles. The third kappa shape index (κ3) is 4.92. The van der Waals surface area contributed by atoms with Crippen LogP contribution in [0.5, 0.6) is 0 Å². The third-order valence-corrected chi connectivity index (χ3v) is 5.75. The Morgan fingerprint density at radius 3 is 2.59 bits per heavy atom. The lowest BCUT2D eigenvalue weighted by atomic mass is 10.1. The molecular formula is C22H22Cl2N2O3. The number of hydrogen-bond acceptors (Lipinski definition) is 3. The van der Waals surface area contributed by atoms with Crippen molar-refractivity contribution in [3.05, 3.63) is 81.0 Å². The van der Waals surface area contributed by atoms with E-state index in [0.717, 1.165) is 17.5 Å². The summed E-state index contributed by atoms with van der Waals surface area (Å²) in [6.45, 7) is 2.37. The Kier molecular flexibility index (Phi) is 6.83. The molecule has 2 aromatic rings. The molecule has 1 atom stereocenters. The number of aliphatic hydroxyl groups excluding tert-OH is 1. The molecule has 0 bridgehead atoms. The fraction of sp³-hybridized carbons (Fsp3) is 0.273. The van der Waals surface area contributed by atoms with E-state index < -0.39 is 17.6 Å². The van der Waals surface area contributed by atoms with E-state index in [9.17, 15) is 14.7 Å². The van der Waals surface area contributed by atoms with Gasteiger partial charge in [-0.2, -0.15) is 0 Å². The predicted octanol–water partition coefficient (Wildman–Crippen LogP) is 4.46. The van der Waals surface area contributed by atoms with Gasteiger partial charge in [0.05, 0.1) is 28.2 Å². The summed E-state index contributed by atoms with van der Waals surface area (Å²) in [6, 6.07) is 14.7. The van der Waals surface area contributed by atoms with Crippen molar-refractivity contribution in [2.75, 3.05) is 13.1 Å².